The van der Waals surface area contributed by atoms with Crippen LogP contribution >= 0.6 is 0 Å². The highest BCUT2D eigenvalue weighted by Gasteiger charge is 2.20. The highest BCUT2D eigenvalue weighted by atomic mass is 16.2. The summed E-state index contributed by atoms with van der Waals surface area (Å²) in [6, 6.07) is 3.29. The normalized spacial score (nSPS) is 10.8. The Morgan fingerprint density at radius 3 is 2.48 bits per heavy atom. The predicted octanol–water partition coefficient (Wildman–Crippen LogP) is 0.718. The average molecular weight is 294 g/mol. The molecule has 0 aliphatic rings. The summed E-state index contributed by atoms with van der Waals surface area (Å²) in [5, 5.41) is 2.75. The van der Waals surface area contributed by atoms with E-state index in [1.165, 1.54) is 0 Å². The molecule has 0 saturated heterocycles. The van der Waals surface area contributed by atoms with Crippen molar-refractivity contribution in [2.24, 2.45) is 5.41 Å². The topological polar surface area (TPSA) is 103 Å². The molecule has 0 radical (unpaired) electrons. The Morgan fingerprint density at radius 2 is 1.90 bits per heavy atom. The van der Waals surface area contributed by atoms with Crippen LogP contribution in [0.4, 0.5) is 0 Å². The van der Waals surface area contributed by atoms with Crippen LogP contribution < -0.4 is 16.2 Å². The van der Waals surface area contributed by atoms with Crippen LogP contribution in [0.3, 0.4) is 0 Å². The molecule has 0 aliphatic carbocycles. The number of hydrazine groups is 1. The summed E-state index contributed by atoms with van der Waals surface area (Å²) in [6.45, 7) is 5.90. The number of amides is 3. The van der Waals surface area contributed by atoms with Crippen LogP contribution in [0.25, 0.3) is 0 Å². The maximum atomic E-state index is 11.6. The maximum absolute atomic E-state index is 11.6. The first-order valence-corrected chi connectivity index (χ1v) is 6.81. The molecule has 21 heavy (non-hydrogen) atoms. The second-order valence-electron chi connectivity index (χ2n) is 5.70. The molecule has 0 aliphatic heterocycles. The van der Waals surface area contributed by atoms with Crippen molar-refractivity contribution in [3.05, 3.63) is 24.0 Å². The Morgan fingerprint density at radius 1 is 1.19 bits per heavy atom. The molecule has 3 amide bonds. The maximum Gasteiger partial charge on any atom is 0.286 e. The van der Waals surface area contributed by atoms with Crippen molar-refractivity contribution in [1.82, 2.24) is 21.2 Å². The largest absolute Gasteiger partial charge is 0.357 e. The summed E-state index contributed by atoms with van der Waals surface area (Å²) in [5.74, 6) is -0.766. The molecule has 0 spiro atoms. The smallest absolute Gasteiger partial charge is 0.286 e. The number of aromatic nitrogens is 1. The minimum Gasteiger partial charge on any atom is -0.357 e. The molecule has 1 heterocycles. The Bertz CT molecular complexity index is 489. The van der Waals surface area contributed by atoms with Crippen molar-refractivity contribution >= 4 is 17.7 Å². The van der Waals surface area contributed by atoms with Crippen LogP contribution in [0.15, 0.2) is 18.3 Å². The number of nitrogens with one attached hydrogen (secondary N) is 4. The lowest BCUT2D eigenvalue weighted by Gasteiger charge is -2.17. The fraction of sp³-hybridized carbons (Fsp3) is 0.500. The van der Waals surface area contributed by atoms with E-state index in [2.05, 4.69) is 21.2 Å². The molecule has 0 atom stereocenters. The number of aromatic amines is 1. The van der Waals surface area contributed by atoms with Gasteiger partial charge in [0.25, 0.3) is 5.91 Å². The summed E-state index contributed by atoms with van der Waals surface area (Å²) in [4.78, 5) is 37.3. The first kappa shape index (κ1) is 16.7. The van der Waals surface area contributed by atoms with Crippen molar-refractivity contribution in [2.75, 3.05) is 6.54 Å². The van der Waals surface area contributed by atoms with Crippen LogP contribution in [0.2, 0.25) is 0 Å². The van der Waals surface area contributed by atoms with Crippen LogP contribution in [-0.2, 0) is 9.59 Å². The zero-order valence-corrected chi connectivity index (χ0v) is 12.6. The van der Waals surface area contributed by atoms with Crippen molar-refractivity contribution < 1.29 is 14.4 Å². The molecule has 4 N–H and O–H groups in total. The van der Waals surface area contributed by atoms with E-state index >= 15 is 0 Å². The van der Waals surface area contributed by atoms with E-state index in [0.717, 1.165) is 0 Å². The molecule has 0 bridgehead atoms. The molecule has 0 unspecified atom stereocenters. The third kappa shape index (κ3) is 6.11. The minimum absolute atomic E-state index is 0.0528. The second kappa shape index (κ2) is 7.47. The number of rotatable bonds is 5. The lowest BCUT2D eigenvalue weighted by atomic mass is 9.96. The molecule has 0 saturated carbocycles. The number of carbonyl (C=O) groups excluding carboxylic acids is 3. The summed E-state index contributed by atoms with van der Waals surface area (Å²) in [7, 11) is 0. The molecule has 7 nitrogen and oxygen atoms in total. The quantitative estimate of drug-likeness (QED) is 0.475. The third-order valence-electron chi connectivity index (χ3n) is 2.71. The van der Waals surface area contributed by atoms with Gasteiger partial charge in [0.1, 0.15) is 5.69 Å². The second-order valence-corrected chi connectivity index (χ2v) is 5.70. The standard InChI is InChI=1S/C14H22N4O3/c1-14(2,3)13(21)16-9-5-7-11(19)17-18-12(20)10-6-4-8-15-10/h4,6,8,15H,5,7,9H2,1-3H3,(H,16,21)(H,17,19)(H,18,20). The molecule has 1 aromatic rings. The van der Waals surface area contributed by atoms with Gasteiger partial charge in [0, 0.05) is 24.6 Å². The Balaban J connectivity index is 2.15. The highest BCUT2D eigenvalue weighted by Crippen LogP contribution is 2.12. The number of hydrogen-bond donors (Lipinski definition) is 4. The van der Waals surface area contributed by atoms with Crippen LogP contribution in [0.5, 0.6) is 0 Å². The van der Waals surface area contributed by atoms with E-state index < -0.39 is 11.3 Å². The predicted molar refractivity (Wildman–Crippen MR) is 78.1 cm³/mol. The van der Waals surface area contributed by atoms with Gasteiger partial charge in [0.15, 0.2) is 0 Å². The van der Waals surface area contributed by atoms with Crippen molar-refractivity contribution in [2.45, 2.75) is 33.6 Å². The first-order valence-electron chi connectivity index (χ1n) is 6.81. The summed E-state index contributed by atoms with van der Waals surface area (Å²) in [5.41, 5.74) is 4.55. The van der Waals surface area contributed by atoms with Gasteiger partial charge < -0.3 is 10.3 Å². The van der Waals surface area contributed by atoms with Crippen molar-refractivity contribution in [3.63, 3.8) is 0 Å². The average Bonchev–Trinajstić information content (AvgIpc) is 2.93. The van der Waals surface area contributed by atoms with Gasteiger partial charge >= 0.3 is 0 Å². The van der Waals surface area contributed by atoms with E-state index in [0.29, 0.717) is 18.7 Å². The van der Waals surface area contributed by atoms with E-state index in [1.54, 1.807) is 18.3 Å². The number of hydrogen-bond acceptors (Lipinski definition) is 3. The molecule has 0 aromatic carbocycles. The molecule has 1 aromatic heterocycles. The lowest BCUT2D eigenvalue weighted by Crippen LogP contribution is -2.42. The van der Waals surface area contributed by atoms with Gasteiger partial charge in [-0.05, 0) is 18.6 Å². The fourth-order valence-corrected chi connectivity index (χ4v) is 1.44. The van der Waals surface area contributed by atoms with Crippen LogP contribution in [0, 0.1) is 5.41 Å². The van der Waals surface area contributed by atoms with E-state index in [9.17, 15) is 14.4 Å². The zero-order chi connectivity index (χ0) is 15.9. The van der Waals surface area contributed by atoms with Crippen molar-refractivity contribution in [3.8, 4) is 0 Å². The molecule has 7 heteroatoms. The number of H-pyrrole nitrogens is 1. The Labute approximate surface area is 123 Å². The SMILES string of the molecule is CC(C)(C)C(=O)NCCCC(=O)NNC(=O)c1ccc[nH]1. The molecule has 1 rings (SSSR count). The van der Waals surface area contributed by atoms with Gasteiger partial charge in [-0.3, -0.25) is 25.2 Å². The first-order chi connectivity index (χ1) is 9.80. The summed E-state index contributed by atoms with van der Waals surface area (Å²) < 4.78 is 0. The third-order valence-corrected chi connectivity index (χ3v) is 2.71. The van der Waals surface area contributed by atoms with Crippen LogP contribution in [0.1, 0.15) is 44.1 Å². The molecular formula is C14H22N4O3. The van der Waals surface area contributed by atoms with Gasteiger partial charge in [-0.1, -0.05) is 20.8 Å². The van der Waals surface area contributed by atoms with Crippen LogP contribution in [-0.4, -0.2) is 29.3 Å². The summed E-state index contributed by atoms with van der Waals surface area (Å²) >= 11 is 0. The van der Waals surface area contributed by atoms with Gasteiger partial charge in [-0.2, -0.15) is 0 Å². The highest BCUT2D eigenvalue weighted by molar-refractivity contribution is 5.93. The monoisotopic (exact) mass is 294 g/mol. The minimum atomic E-state index is -0.438. The fourth-order valence-electron chi connectivity index (χ4n) is 1.44. The zero-order valence-electron chi connectivity index (χ0n) is 12.6. The lowest BCUT2D eigenvalue weighted by molar-refractivity contribution is -0.128. The van der Waals surface area contributed by atoms with Gasteiger partial charge in [-0.25, -0.2) is 0 Å². The molecular weight excluding hydrogens is 272 g/mol. The number of carbonyl (C=O) groups is 3. The summed E-state index contributed by atoms with van der Waals surface area (Å²) in [6.07, 6.45) is 2.34. The van der Waals surface area contributed by atoms with E-state index in [4.69, 9.17) is 0 Å². The van der Waals surface area contributed by atoms with E-state index in [-0.39, 0.29) is 18.2 Å². The van der Waals surface area contributed by atoms with Gasteiger partial charge in [0.2, 0.25) is 11.8 Å². The molecule has 0 fully saturated rings. The van der Waals surface area contributed by atoms with Gasteiger partial charge in [-0.15, -0.1) is 0 Å². The molecule has 116 valence electrons. The Kier molecular flexibility index (Phi) is 5.95. The van der Waals surface area contributed by atoms with E-state index in [1.807, 2.05) is 20.8 Å². The van der Waals surface area contributed by atoms with Crippen molar-refractivity contribution in [1.29, 1.82) is 0 Å². The van der Waals surface area contributed by atoms with Gasteiger partial charge in [0.05, 0.1) is 0 Å². The Hall–Kier alpha value is -2.31.